The van der Waals surface area contributed by atoms with Gasteiger partial charge in [-0.3, -0.25) is 0 Å². The highest BCUT2D eigenvalue weighted by atomic mass is 16.6. The molecule has 2 heterocycles. The Kier molecular flexibility index (Phi) is 6.99. The van der Waals surface area contributed by atoms with Gasteiger partial charge in [0.1, 0.15) is 5.75 Å². The Morgan fingerprint density at radius 2 is 1.73 bits per heavy atom. The van der Waals surface area contributed by atoms with Crippen LogP contribution in [0, 0.1) is 10.1 Å². The lowest BCUT2D eigenvalue weighted by Gasteiger charge is -2.35. The van der Waals surface area contributed by atoms with Gasteiger partial charge in [0.15, 0.2) is 6.20 Å². The van der Waals surface area contributed by atoms with Crippen molar-refractivity contribution in [2.24, 2.45) is 0 Å². The number of ether oxygens (including phenoxy) is 1. The highest BCUT2D eigenvalue weighted by molar-refractivity contribution is 5.91. The number of pyridine rings is 1. The summed E-state index contributed by atoms with van der Waals surface area (Å²) in [5.74, 6) is 0.457. The van der Waals surface area contributed by atoms with Crippen molar-refractivity contribution in [3.8, 4) is 5.75 Å². The van der Waals surface area contributed by atoms with Crippen molar-refractivity contribution >= 4 is 23.2 Å². The fraction of sp³-hybridized carbons (Fsp3) is 0.250. The van der Waals surface area contributed by atoms with Crippen LogP contribution in [0.5, 0.6) is 5.75 Å². The molecule has 0 atom stereocenters. The first-order valence-electron chi connectivity index (χ1n) is 10.8. The second-order valence-corrected chi connectivity index (χ2v) is 7.62. The number of benzene rings is 2. The lowest BCUT2D eigenvalue weighted by Crippen LogP contribution is -2.50. The van der Waals surface area contributed by atoms with Crippen LogP contribution in [0.15, 0.2) is 72.9 Å². The van der Waals surface area contributed by atoms with Gasteiger partial charge in [-0.25, -0.2) is 4.79 Å². The maximum Gasteiger partial charge on any atom is 0.363 e. The van der Waals surface area contributed by atoms with Gasteiger partial charge in [-0.05, 0) is 33.7 Å². The predicted molar refractivity (Wildman–Crippen MR) is 126 cm³/mol. The van der Waals surface area contributed by atoms with Gasteiger partial charge in [-0.1, -0.05) is 42.5 Å². The zero-order valence-electron chi connectivity index (χ0n) is 18.1. The summed E-state index contributed by atoms with van der Waals surface area (Å²) in [6.07, 6.45) is 2.28. The fourth-order valence-corrected chi connectivity index (χ4v) is 3.65. The normalized spacial score (nSPS) is 13.5. The Bertz CT molecular complexity index is 1080. The van der Waals surface area contributed by atoms with Crippen LogP contribution in [-0.2, 0) is 6.42 Å². The quantitative estimate of drug-likeness (QED) is 0.435. The number of aromatic nitrogens is 1. The van der Waals surface area contributed by atoms with E-state index in [4.69, 9.17) is 4.74 Å². The van der Waals surface area contributed by atoms with E-state index in [0.717, 1.165) is 12.1 Å². The molecule has 4 rings (SSSR count). The number of anilines is 2. The average molecular weight is 447 g/mol. The highest BCUT2D eigenvalue weighted by Crippen LogP contribution is 2.25. The number of carbonyl (C=O) groups is 1. The molecule has 0 spiro atoms. The van der Waals surface area contributed by atoms with Crippen LogP contribution in [0.2, 0.25) is 0 Å². The number of carbonyl (C=O) groups excluding carboxylic acids is 1. The number of rotatable bonds is 7. The van der Waals surface area contributed by atoms with Crippen molar-refractivity contribution in [1.29, 1.82) is 0 Å². The summed E-state index contributed by atoms with van der Waals surface area (Å²) in [7, 11) is 0. The molecule has 3 aromatic rings. The van der Waals surface area contributed by atoms with E-state index in [2.05, 4.69) is 27.3 Å². The number of hydrogen-bond acceptors (Lipinski definition) is 6. The van der Waals surface area contributed by atoms with Crippen LogP contribution >= 0.6 is 0 Å². The van der Waals surface area contributed by atoms with Crippen LogP contribution in [0.4, 0.5) is 22.0 Å². The molecule has 1 aromatic heterocycles. The molecule has 170 valence electrons. The van der Waals surface area contributed by atoms with Crippen molar-refractivity contribution in [2.75, 3.05) is 43.0 Å². The third-order valence-corrected chi connectivity index (χ3v) is 5.47. The SMILES string of the molecule is O=C(Nc1ccccc1OCCc1ccccc1)N1CCN(c2ccc([N+](=O)[O-])nc2)CC1. The van der Waals surface area contributed by atoms with Gasteiger partial charge in [0, 0.05) is 38.7 Å². The van der Waals surface area contributed by atoms with Gasteiger partial charge in [-0.15, -0.1) is 0 Å². The molecule has 0 bridgehead atoms. The lowest BCUT2D eigenvalue weighted by atomic mass is 10.2. The third-order valence-electron chi connectivity index (χ3n) is 5.47. The molecule has 1 N–H and O–H groups in total. The van der Waals surface area contributed by atoms with Crippen molar-refractivity contribution in [2.45, 2.75) is 6.42 Å². The summed E-state index contributed by atoms with van der Waals surface area (Å²) in [6.45, 7) is 2.79. The number of amides is 2. The van der Waals surface area contributed by atoms with E-state index in [1.807, 2.05) is 42.5 Å². The summed E-state index contributed by atoms with van der Waals surface area (Å²) in [5.41, 5.74) is 2.63. The van der Waals surface area contributed by atoms with E-state index in [9.17, 15) is 14.9 Å². The number of piperazine rings is 1. The summed E-state index contributed by atoms with van der Waals surface area (Å²) in [4.78, 5) is 30.8. The zero-order valence-corrected chi connectivity index (χ0v) is 18.1. The highest BCUT2D eigenvalue weighted by Gasteiger charge is 2.23. The van der Waals surface area contributed by atoms with E-state index in [1.54, 1.807) is 11.0 Å². The molecule has 9 heteroatoms. The molecule has 2 amide bonds. The Morgan fingerprint density at radius 3 is 2.42 bits per heavy atom. The van der Waals surface area contributed by atoms with Crippen molar-refractivity contribution in [3.05, 3.63) is 88.6 Å². The number of nitro groups is 1. The monoisotopic (exact) mass is 447 g/mol. The van der Waals surface area contributed by atoms with Gasteiger partial charge in [0.05, 0.1) is 18.0 Å². The van der Waals surface area contributed by atoms with Crippen molar-refractivity contribution < 1.29 is 14.5 Å². The van der Waals surface area contributed by atoms with Gasteiger partial charge in [0.2, 0.25) is 0 Å². The zero-order chi connectivity index (χ0) is 23.0. The molecule has 1 fully saturated rings. The van der Waals surface area contributed by atoms with E-state index in [-0.39, 0.29) is 11.8 Å². The molecule has 0 radical (unpaired) electrons. The first-order valence-corrected chi connectivity index (χ1v) is 10.8. The molecule has 9 nitrogen and oxygen atoms in total. The van der Waals surface area contributed by atoms with Crippen LogP contribution in [-0.4, -0.2) is 53.6 Å². The first kappa shape index (κ1) is 22.1. The standard InChI is InChI=1S/C24H25N5O4/c30-24(28-15-13-27(14-16-28)20-10-11-23(25-18-20)29(31)32)26-21-8-4-5-9-22(21)33-17-12-19-6-2-1-3-7-19/h1-11,18H,12-17H2,(H,26,30). The minimum absolute atomic E-state index is 0.179. The first-order chi connectivity index (χ1) is 16.1. The summed E-state index contributed by atoms with van der Waals surface area (Å²) >= 11 is 0. The van der Waals surface area contributed by atoms with Crippen LogP contribution in [0.1, 0.15) is 5.56 Å². The molecule has 2 aromatic carbocycles. The molecule has 1 aliphatic rings. The van der Waals surface area contributed by atoms with Gasteiger partial charge < -0.3 is 30.0 Å². The Morgan fingerprint density at radius 1 is 1.00 bits per heavy atom. The summed E-state index contributed by atoms with van der Waals surface area (Å²) in [6, 6.07) is 20.4. The average Bonchev–Trinajstić information content (AvgIpc) is 2.86. The predicted octanol–water partition coefficient (Wildman–Crippen LogP) is 3.97. The molecule has 0 aliphatic carbocycles. The Labute approximate surface area is 191 Å². The lowest BCUT2D eigenvalue weighted by molar-refractivity contribution is -0.389. The van der Waals surface area contributed by atoms with Crippen LogP contribution in [0.25, 0.3) is 0 Å². The van der Waals surface area contributed by atoms with E-state index < -0.39 is 4.92 Å². The van der Waals surface area contributed by atoms with Gasteiger partial charge >= 0.3 is 11.8 Å². The van der Waals surface area contributed by atoms with E-state index >= 15 is 0 Å². The summed E-state index contributed by atoms with van der Waals surface area (Å²) in [5, 5.41) is 13.7. The second-order valence-electron chi connectivity index (χ2n) is 7.62. The van der Waals surface area contributed by atoms with Gasteiger partial charge in [-0.2, -0.15) is 0 Å². The minimum Gasteiger partial charge on any atom is -0.491 e. The number of nitrogens with one attached hydrogen (secondary N) is 1. The number of hydrogen-bond donors (Lipinski definition) is 1. The fourth-order valence-electron chi connectivity index (χ4n) is 3.65. The molecular formula is C24H25N5O4. The topological polar surface area (TPSA) is 101 Å². The largest absolute Gasteiger partial charge is 0.491 e. The second kappa shape index (κ2) is 10.4. The van der Waals surface area contributed by atoms with Crippen molar-refractivity contribution in [3.63, 3.8) is 0 Å². The molecule has 1 aliphatic heterocycles. The van der Waals surface area contributed by atoms with Gasteiger partial charge in [0.25, 0.3) is 0 Å². The number of urea groups is 1. The van der Waals surface area contributed by atoms with Crippen LogP contribution < -0.4 is 15.0 Å². The maximum absolute atomic E-state index is 12.8. The summed E-state index contributed by atoms with van der Waals surface area (Å²) < 4.78 is 5.93. The third kappa shape index (κ3) is 5.76. The smallest absolute Gasteiger partial charge is 0.363 e. The van der Waals surface area contributed by atoms with Crippen LogP contribution in [0.3, 0.4) is 0 Å². The molecular weight excluding hydrogens is 422 g/mol. The number of nitrogens with zero attached hydrogens (tertiary/aromatic N) is 4. The maximum atomic E-state index is 12.8. The Hall–Kier alpha value is -4.14. The molecule has 0 saturated carbocycles. The van der Waals surface area contributed by atoms with E-state index in [0.29, 0.717) is 44.2 Å². The van der Waals surface area contributed by atoms with Crippen molar-refractivity contribution in [1.82, 2.24) is 9.88 Å². The number of para-hydroxylation sites is 2. The molecule has 1 saturated heterocycles. The molecule has 0 unspecified atom stereocenters. The minimum atomic E-state index is -0.519. The Balaban J connectivity index is 1.29. The van der Waals surface area contributed by atoms with E-state index in [1.165, 1.54) is 17.8 Å². The molecule has 33 heavy (non-hydrogen) atoms.